The zero-order valence-corrected chi connectivity index (χ0v) is 12.0. The van der Waals surface area contributed by atoms with Gasteiger partial charge in [-0.05, 0) is 17.7 Å². The maximum absolute atomic E-state index is 12.2. The lowest BCUT2D eigenvalue weighted by Crippen LogP contribution is -2.60. The first-order valence-corrected chi connectivity index (χ1v) is 6.34. The fraction of sp³-hybridized carbons (Fsp3) is 0.500. The van der Waals surface area contributed by atoms with Gasteiger partial charge in [-0.3, -0.25) is 4.79 Å². The molecule has 104 valence electrons. The van der Waals surface area contributed by atoms with Gasteiger partial charge >= 0.3 is 5.97 Å². The van der Waals surface area contributed by atoms with Crippen molar-refractivity contribution in [2.75, 3.05) is 21.3 Å². The van der Waals surface area contributed by atoms with Crippen LogP contribution in [0.5, 0.6) is 0 Å². The maximum atomic E-state index is 12.2. The van der Waals surface area contributed by atoms with Crippen molar-refractivity contribution in [3.63, 3.8) is 0 Å². The summed E-state index contributed by atoms with van der Waals surface area (Å²) >= 11 is 5.88. The van der Waals surface area contributed by atoms with Crippen LogP contribution in [-0.2, 0) is 24.4 Å². The fourth-order valence-electron chi connectivity index (χ4n) is 2.67. The molecule has 2 rings (SSSR count). The van der Waals surface area contributed by atoms with Crippen molar-refractivity contribution < 1.29 is 19.0 Å². The van der Waals surface area contributed by atoms with Gasteiger partial charge in [-0.1, -0.05) is 23.7 Å². The highest BCUT2D eigenvalue weighted by molar-refractivity contribution is 6.30. The van der Waals surface area contributed by atoms with Gasteiger partial charge in [-0.2, -0.15) is 0 Å². The first kappa shape index (κ1) is 14.3. The van der Waals surface area contributed by atoms with E-state index in [1.54, 1.807) is 26.4 Å². The third-order valence-corrected chi connectivity index (χ3v) is 4.11. The first-order valence-electron chi connectivity index (χ1n) is 5.97. The number of halogens is 1. The number of carbonyl (C=O) groups excluding carboxylic acids is 1. The maximum Gasteiger partial charge on any atom is 0.316 e. The van der Waals surface area contributed by atoms with Crippen LogP contribution in [0.1, 0.15) is 18.4 Å². The second-order valence-corrected chi connectivity index (χ2v) is 5.19. The molecule has 1 aliphatic rings. The number of hydrogen-bond donors (Lipinski definition) is 0. The molecule has 0 atom stereocenters. The molecule has 4 nitrogen and oxygen atoms in total. The van der Waals surface area contributed by atoms with Crippen LogP contribution in [0.25, 0.3) is 0 Å². The first-order chi connectivity index (χ1) is 9.02. The minimum absolute atomic E-state index is 0.278. The van der Waals surface area contributed by atoms with Crippen molar-refractivity contribution in [1.29, 1.82) is 0 Å². The molecule has 0 aromatic heterocycles. The topological polar surface area (TPSA) is 44.8 Å². The van der Waals surface area contributed by atoms with Crippen LogP contribution in [0.3, 0.4) is 0 Å². The third-order valence-electron chi connectivity index (χ3n) is 3.86. The van der Waals surface area contributed by atoms with Gasteiger partial charge in [0.2, 0.25) is 0 Å². The monoisotopic (exact) mass is 284 g/mol. The molecule has 0 bridgehead atoms. The van der Waals surface area contributed by atoms with E-state index in [0.29, 0.717) is 17.9 Å². The van der Waals surface area contributed by atoms with Gasteiger partial charge in [0.1, 0.15) is 5.41 Å². The SMILES string of the molecule is COC(=O)C1(c2ccc(Cl)cc2)CC(OC)(OC)C1. The van der Waals surface area contributed by atoms with E-state index in [2.05, 4.69) is 0 Å². The molecule has 0 saturated heterocycles. The molecular formula is C14H17ClO4. The molecule has 19 heavy (non-hydrogen) atoms. The largest absolute Gasteiger partial charge is 0.468 e. The Morgan fingerprint density at radius 1 is 1.11 bits per heavy atom. The Bertz CT molecular complexity index is 457. The molecule has 0 spiro atoms. The summed E-state index contributed by atoms with van der Waals surface area (Å²) in [6, 6.07) is 7.21. The highest BCUT2D eigenvalue weighted by atomic mass is 35.5. The average molecular weight is 285 g/mol. The number of ether oxygens (including phenoxy) is 3. The summed E-state index contributed by atoms with van der Waals surface area (Å²) in [5.74, 6) is -0.993. The van der Waals surface area contributed by atoms with Crippen LogP contribution in [-0.4, -0.2) is 33.1 Å². The number of carbonyl (C=O) groups is 1. The Balaban J connectivity index is 2.34. The van der Waals surface area contributed by atoms with Crippen LogP contribution in [0.4, 0.5) is 0 Å². The number of benzene rings is 1. The van der Waals surface area contributed by atoms with Crippen molar-refractivity contribution in [2.45, 2.75) is 24.0 Å². The van der Waals surface area contributed by atoms with Crippen LogP contribution in [0.2, 0.25) is 5.02 Å². The van der Waals surface area contributed by atoms with Crippen molar-refractivity contribution in [2.24, 2.45) is 0 Å². The zero-order valence-electron chi connectivity index (χ0n) is 11.2. The number of rotatable bonds is 4. The van der Waals surface area contributed by atoms with E-state index in [0.717, 1.165) is 5.56 Å². The highest BCUT2D eigenvalue weighted by Crippen LogP contribution is 2.53. The van der Waals surface area contributed by atoms with Crippen molar-refractivity contribution in [3.05, 3.63) is 34.9 Å². The van der Waals surface area contributed by atoms with Gasteiger partial charge < -0.3 is 14.2 Å². The van der Waals surface area contributed by atoms with Gasteiger partial charge in [0.05, 0.1) is 7.11 Å². The second kappa shape index (κ2) is 5.12. The van der Waals surface area contributed by atoms with Crippen LogP contribution >= 0.6 is 11.6 Å². The molecule has 0 unspecified atom stereocenters. The molecule has 1 aromatic carbocycles. The summed E-state index contributed by atoms with van der Waals surface area (Å²) in [5, 5.41) is 0.632. The number of esters is 1. The average Bonchev–Trinajstić information content (AvgIpc) is 2.40. The minimum Gasteiger partial charge on any atom is -0.468 e. The normalized spacial score (nSPS) is 19.6. The van der Waals surface area contributed by atoms with Gasteiger partial charge in [0, 0.05) is 32.1 Å². The number of methoxy groups -OCH3 is 3. The van der Waals surface area contributed by atoms with E-state index in [1.807, 2.05) is 12.1 Å². The summed E-state index contributed by atoms with van der Waals surface area (Å²) in [4.78, 5) is 12.2. The lowest BCUT2D eigenvalue weighted by molar-refractivity contribution is -0.278. The molecule has 5 heteroatoms. The molecular weight excluding hydrogens is 268 g/mol. The fourth-order valence-corrected chi connectivity index (χ4v) is 2.80. The quantitative estimate of drug-likeness (QED) is 0.630. The molecule has 0 heterocycles. The smallest absolute Gasteiger partial charge is 0.316 e. The van der Waals surface area contributed by atoms with E-state index >= 15 is 0 Å². The van der Waals surface area contributed by atoms with Gasteiger partial charge in [-0.15, -0.1) is 0 Å². The molecule has 1 aliphatic carbocycles. The standard InChI is InChI=1S/C14H17ClO4/c1-17-12(16)13(8-14(9-13,18-2)19-3)10-4-6-11(15)7-5-10/h4-7H,8-9H2,1-3H3. The van der Waals surface area contributed by atoms with Crippen molar-refractivity contribution >= 4 is 17.6 Å². The third kappa shape index (κ3) is 2.24. The van der Waals surface area contributed by atoms with Crippen LogP contribution in [0.15, 0.2) is 24.3 Å². The molecule has 0 aliphatic heterocycles. The molecule has 0 amide bonds. The molecule has 0 N–H and O–H groups in total. The lowest BCUT2D eigenvalue weighted by atomic mass is 9.60. The summed E-state index contributed by atoms with van der Waals surface area (Å²) in [7, 11) is 4.54. The second-order valence-electron chi connectivity index (χ2n) is 4.75. The Morgan fingerprint density at radius 2 is 1.63 bits per heavy atom. The minimum atomic E-state index is -0.717. The van der Waals surface area contributed by atoms with Gasteiger partial charge in [0.25, 0.3) is 0 Å². The van der Waals surface area contributed by atoms with E-state index in [4.69, 9.17) is 25.8 Å². The number of hydrogen-bond acceptors (Lipinski definition) is 4. The lowest BCUT2D eigenvalue weighted by Gasteiger charge is -2.52. The Kier molecular flexibility index (Phi) is 3.85. The van der Waals surface area contributed by atoms with E-state index in [-0.39, 0.29) is 5.97 Å². The summed E-state index contributed by atoms with van der Waals surface area (Å²) < 4.78 is 15.7. The van der Waals surface area contributed by atoms with E-state index in [1.165, 1.54) is 7.11 Å². The van der Waals surface area contributed by atoms with Gasteiger partial charge in [-0.25, -0.2) is 0 Å². The molecule has 1 aromatic rings. The zero-order chi connectivity index (χ0) is 14.1. The predicted molar refractivity (Wildman–Crippen MR) is 71.1 cm³/mol. The summed E-state index contributed by atoms with van der Waals surface area (Å²) in [6.45, 7) is 0. The molecule has 1 saturated carbocycles. The van der Waals surface area contributed by atoms with E-state index < -0.39 is 11.2 Å². The van der Waals surface area contributed by atoms with Crippen LogP contribution in [0, 0.1) is 0 Å². The van der Waals surface area contributed by atoms with E-state index in [9.17, 15) is 4.79 Å². The Labute approximate surface area is 117 Å². The Hall–Kier alpha value is -1.10. The molecule has 1 fully saturated rings. The molecule has 0 radical (unpaired) electrons. The van der Waals surface area contributed by atoms with Crippen LogP contribution < -0.4 is 0 Å². The van der Waals surface area contributed by atoms with Crippen molar-refractivity contribution in [3.8, 4) is 0 Å². The Morgan fingerprint density at radius 3 is 2.05 bits per heavy atom. The predicted octanol–water partition coefficient (Wildman–Crippen LogP) is 2.53. The highest BCUT2D eigenvalue weighted by Gasteiger charge is 2.61. The summed E-state index contributed by atoms with van der Waals surface area (Å²) in [6.07, 6.45) is 0.864. The summed E-state index contributed by atoms with van der Waals surface area (Å²) in [5.41, 5.74) is 0.152. The van der Waals surface area contributed by atoms with Gasteiger partial charge in [0.15, 0.2) is 5.79 Å². The van der Waals surface area contributed by atoms with Crippen molar-refractivity contribution in [1.82, 2.24) is 0 Å².